The molecule has 0 amide bonds. The van der Waals surface area contributed by atoms with Gasteiger partial charge in [-0.05, 0) is 18.6 Å². The second kappa shape index (κ2) is 6.81. The van der Waals surface area contributed by atoms with E-state index in [1.807, 2.05) is 0 Å². The van der Waals surface area contributed by atoms with Crippen LogP contribution in [-0.2, 0) is 19.7 Å². The molecule has 140 valence electrons. The van der Waals surface area contributed by atoms with Crippen LogP contribution >= 0.6 is 0 Å². The summed E-state index contributed by atoms with van der Waals surface area (Å²) in [5.74, 6) is -3.10. The molecule has 0 spiro atoms. The summed E-state index contributed by atoms with van der Waals surface area (Å²) >= 11 is 0. The number of rotatable bonds is 4. The first-order valence-corrected chi connectivity index (χ1v) is 11.4. The molecule has 2 fully saturated rings. The van der Waals surface area contributed by atoms with E-state index in [2.05, 4.69) is 4.90 Å². The Labute approximate surface area is 146 Å². The Morgan fingerprint density at radius 1 is 1.08 bits per heavy atom. The number of alkyl halides is 2. The fraction of sp³-hybridized carbons (Fsp3) is 0.600. The Bertz CT molecular complexity index is 835. The van der Waals surface area contributed by atoms with Gasteiger partial charge in [0.1, 0.15) is 0 Å². The van der Waals surface area contributed by atoms with E-state index >= 15 is 0 Å². The molecule has 0 N–H and O–H groups in total. The van der Waals surface area contributed by atoms with E-state index in [0.717, 1.165) is 0 Å². The lowest BCUT2D eigenvalue weighted by Gasteiger charge is -2.39. The van der Waals surface area contributed by atoms with Crippen molar-refractivity contribution in [3.05, 3.63) is 24.3 Å². The Morgan fingerprint density at radius 2 is 1.72 bits per heavy atom. The number of nitrogens with zero attached hydrogens (tertiary/aromatic N) is 2. The number of para-hydroxylation sites is 1. The van der Waals surface area contributed by atoms with Gasteiger partial charge in [-0.1, -0.05) is 12.1 Å². The van der Waals surface area contributed by atoms with Crippen LogP contribution in [0.4, 0.5) is 14.5 Å². The third-order valence-corrected chi connectivity index (χ3v) is 7.96. The number of halogens is 2. The van der Waals surface area contributed by atoms with Gasteiger partial charge < -0.3 is 4.90 Å². The smallest absolute Gasteiger partial charge is 0.341 e. The molecule has 2 heterocycles. The van der Waals surface area contributed by atoms with E-state index in [1.54, 1.807) is 11.0 Å². The minimum absolute atomic E-state index is 0.00723. The molecular weight excluding hydrogens is 374 g/mol. The largest absolute Gasteiger partial charge is 0.368 e. The van der Waals surface area contributed by atoms with Crippen molar-refractivity contribution in [1.29, 1.82) is 0 Å². The minimum Gasteiger partial charge on any atom is -0.368 e. The molecule has 25 heavy (non-hydrogen) atoms. The molecule has 6 nitrogen and oxygen atoms in total. The number of anilines is 1. The molecule has 0 aromatic heterocycles. The Hall–Kier alpha value is -1.26. The lowest BCUT2D eigenvalue weighted by atomic mass is 10.1. The van der Waals surface area contributed by atoms with E-state index in [-0.39, 0.29) is 28.1 Å². The zero-order valence-corrected chi connectivity index (χ0v) is 15.1. The Balaban J connectivity index is 1.74. The summed E-state index contributed by atoms with van der Waals surface area (Å²) in [6, 6.07) is 5.78. The average Bonchev–Trinajstić information content (AvgIpc) is 2.95. The predicted molar refractivity (Wildman–Crippen MR) is 90.5 cm³/mol. The second-order valence-electron chi connectivity index (χ2n) is 6.35. The highest BCUT2D eigenvalue weighted by Gasteiger charge is 2.35. The quantitative estimate of drug-likeness (QED) is 0.758. The topological polar surface area (TPSA) is 74.8 Å². The number of hydrogen-bond donors (Lipinski definition) is 0. The van der Waals surface area contributed by atoms with Crippen LogP contribution in [0.15, 0.2) is 29.2 Å². The molecule has 0 aliphatic carbocycles. The predicted octanol–water partition coefficient (Wildman–Crippen LogP) is 0.992. The third-order valence-electron chi connectivity index (χ3n) is 4.79. The lowest BCUT2D eigenvalue weighted by molar-refractivity contribution is 0.200. The van der Waals surface area contributed by atoms with Crippen molar-refractivity contribution in [2.24, 2.45) is 0 Å². The number of sulfone groups is 2. The van der Waals surface area contributed by atoms with Crippen molar-refractivity contribution in [2.75, 3.05) is 42.6 Å². The Morgan fingerprint density at radius 3 is 2.28 bits per heavy atom. The summed E-state index contributed by atoms with van der Waals surface area (Å²) in [7, 11) is -7.63. The highest BCUT2D eigenvalue weighted by molar-refractivity contribution is 7.92. The average molecular weight is 394 g/mol. The number of piperazine rings is 1. The molecule has 2 aliphatic heterocycles. The third kappa shape index (κ3) is 3.80. The van der Waals surface area contributed by atoms with Crippen LogP contribution in [0.25, 0.3) is 0 Å². The van der Waals surface area contributed by atoms with Gasteiger partial charge in [-0.25, -0.2) is 16.8 Å². The molecule has 10 heteroatoms. The van der Waals surface area contributed by atoms with Gasteiger partial charge in [0.05, 0.1) is 22.1 Å². The van der Waals surface area contributed by atoms with Crippen molar-refractivity contribution < 1.29 is 25.6 Å². The van der Waals surface area contributed by atoms with Crippen LogP contribution in [-0.4, -0.2) is 71.2 Å². The first-order valence-electron chi connectivity index (χ1n) is 8.01. The molecule has 0 bridgehead atoms. The van der Waals surface area contributed by atoms with Gasteiger partial charge in [0.25, 0.3) is 0 Å². The molecule has 2 saturated heterocycles. The first-order chi connectivity index (χ1) is 11.7. The summed E-state index contributed by atoms with van der Waals surface area (Å²) in [5, 5.41) is 0. The Kier molecular flexibility index (Phi) is 5.04. The molecule has 1 aromatic carbocycles. The van der Waals surface area contributed by atoms with Crippen molar-refractivity contribution in [3.63, 3.8) is 0 Å². The van der Waals surface area contributed by atoms with Crippen LogP contribution in [0.5, 0.6) is 0 Å². The molecule has 3 rings (SSSR count). The van der Waals surface area contributed by atoms with Gasteiger partial charge in [0, 0.05) is 32.2 Å². The van der Waals surface area contributed by atoms with E-state index < -0.39 is 25.4 Å². The zero-order valence-electron chi connectivity index (χ0n) is 13.5. The molecule has 1 aromatic rings. The van der Waals surface area contributed by atoms with Crippen LogP contribution < -0.4 is 4.90 Å². The normalized spacial score (nSPS) is 24.8. The van der Waals surface area contributed by atoms with Crippen LogP contribution in [0.3, 0.4) is 0 Å². The number of benzene rings is 1. The number of hydrogen-bond acceptors (Lipinski definition) is 6. The van der Waals surface area contributed by atoms with E-state index in [9.17, 15) is 25.6 Å². The fourth-order valence-corrected chi connectivity index (χ4v) is 6.16. The molecular formula is C15H20F2N2O4S2. The maximum atomic E-state index is 12.9. The van der Waals surface area contributed by atoms with Gasteiger partial charge in [-0.15, -0.1) is 0 Å². The van der Waals surface area contributed by atoms with Gasteiger partial charge in [0.15, 0.2) is 9.84 Å². The molecule has 1 atom stereocenters. The highest BCUT2D eigenvalue weighted by atomic mass is 32.2. The second-order valence-corrected chi connectivity index (χ2v) is 10.5. The summed E-state index contributed by atoms with van der Waals surface area (Å²) in [6.07, 6.45) is 0.610. The van der Waals surface area contributed by atoms with Gasteiger partial charge in [-0.2, -0.15) is 8.78 Å². The highest BCUT2D eigenvalue weighted by Crippen LogP contribution is 2.30. The van der Waals surface area contributed by atoms with Crippen molar-refractivity contribution in [1.82, 2.24) is 4.90 Å². The maximum Gasteiger partial charge on any atom is 0.341 e. The van der Waals surface area contributed by atoms with Crippen molar-refractivity contribution in [2.45, 2.75) is 23.1 Å². The molecule has 2 aliphatic rings. The van der Waals surface area contributed by atoms with Gasteiger partial charge in [-0.3, -0.25) is 4.90 Å². The zero-order chi connectivity index (χ0) is 18.2. The summed E-state index contributed by atoms with van der Waals surface area (Å²) in [5.41, 5.74) is 0.279. The van der Waals surface area contributed by atoms with Crippen LogP contribution in [0.2, 0.25) is 0 Å². The monoisotopic (exact) mass is 394 g/mol. The summed E-state index contributed by atoms with van der Waals surface area (Å²) < 4.78 is 72.8. The minimum atomic E-state index is -4.67. The summed E-state index contributed by atoms with van der Waals surface area (Å²) in [4.78, 5) is 3.50. The van der Waals surface area contributed by atoms with Crippen molar-refractivity contribution in [3.8, 4) is 0 Å². The molecule has 0 saturated carbocycles. The van der Waals surface area contributed by atoms with Gasteiger partial charge >= 0.3 is 5.76 Å². The first kappa shape index (κ1) is 18.5. The van der Waals surface area contributed by atoms with Crippen LogP contribution in [0.1, 0.15) is 6.42 Å². The van der Waals surface area contributed by atoms with E-state index in [4.69, 9.17) is 0 Å². The van der Waals surface area contributed by atoms with Gasteiger partial charge in [0.2, 0.25) is 9.84 Å². The fourth-order valence-electron chi connectivity index (χ4n) is 3.45. The SMILES string of the molecule is O=S1(=O)CCC(N2CCN(c3ccccc3S(=O)(=O)C(F)F)CC2)C1. The van der Waals surface area contributed by atoms with E-state index in [0.29, 0.717) is 32.6 Å². The molecule has 1 unspecified atom stereocenters. The van der Waals surface area contributed by atoms with E-state index in [1.165, 1.54) is 18.2 Å². The lowest BCUT2D eigenvalue weighted by Crippen LogP contribution is -2.51. The standard InChI is InChI=1S/C15H20F2N2O4S2/c16-15(17)25(22,23)14-4-2-1-3-13(14)19-8-6-18(7-9-19)12-5-10-24(20,21)11-12/h1-4,12,15H,5-11H2. The molecule has 0 radical (unpaired) electrons. The summed E-state index contributed by atoms with van der Waals surface area (Å²) in [6.45, 7) is 2.07. The van der Waals surface area contributed by atoms with Crippen LogP contribution in [0, 0.1) is 0 Å². The maximum absolute atomic E-state index is 12.9. The van der Waals surface area contributed by atoms with Crippen molar-refractivity contribution >= 4 is 25.4 Å².